The summed E-state index contributed by atoms with van der Waals surface area (Å²) >= 11 is 0. The van der Waals surface area contributed by atoms with Gasteiger partial charge < -0.3 is 10.6 Å². The smallest absolute Gasteiger partial charge is 0.238 e. The van der Waals surface area contributed by atoms with Crippen LogP contribution in [0.2, 0.25) is 0 Å². The lowest BCUT2D eigenvalue weighted by Crippen LogP contribution is -2.37. The lowest BCUT2D eigenvalue weighted by Gasteiger charge is -2.22. The van der Waals surface area contributed by atoms with E-state index in [9.17, 15) is 4.79 Å². The average Bonchev–Trinajstić information content (AvgIpc) is 2.54. The van der Waals surface area contributed by atoms with Crippen molar-refractivity contribution < 1.29 is 4.79 Å². The summed E-state index contributed by atoms with van der Waals surface area (Å²) in [6.07, 6.45) is 6.29. The van der Waals surface area contributed by atoms with Gasteiger partial charge in [-0.15, -0.1) is 0 Å². The zero-order valence-corrected chi connectivity index (χ0v) is 12.3. The van der Waals surface area contributed by atoms with E-state index in [0.717, 1.165) is 11.1 Å². The van der Waals surface area contributed by atoms with Crippen LogP contribution in [-0.2, 0) is 4.79 Å². The monoisotopic (exact) mass is 282 g/mol. The molecule has 3 nitrogen and oxygen atoms in total. The Morgan fingerprint density at radius 3 is 2.57 bits per heavy atom. The minimum absolute atomic E-state index is 0.0378. The van der Waals surface area contributed by atoms with Crippen molar-refractivity contribution in [3.05, 3.63) is 42.5 Å². The van der Waals surface area contributed by atoms with Gasteiger partial charge in [0.15, 0.2) is 0 Å². The van der Waals surface area contributed by atoms with Gasteiger partial charge in [-0.25, -0.2) is 0 Å². The van der Waals surface area contributed by atoms with E-state index in [0.29, 0.717) is 12.6 Å². The fourth-order valence-corrected chi connectivity index (χ4v) is 3.02. The van der Waals surface area contributed by atoms with Crippen LogP contribution < -0.4 is 10.6 Å². The number of benzene rings is 2. The van der Waals surface area contributed by atoms with Gasteiger partial charge in [0.05, 0.1) is 6.54 Å². The second-order valence-electron chi connectivity index (χ2n) is 5.83. The lowest BCUT2D eigenvalue weighted by atomic mass is 9.95. The van der Waals surface area contributed by atoms with Gasteiger partial charge in [-0.3, -0.25) is 4.79 Å². The Kier molecular flexibility index (Phi) is 4.51. The topological polar surface area (TPSA) is 41.1 Å². The van der Waals surface area contributed by atoms with Crippen LogP contribution in [-0.4, -0.2) is 18.5 Å². The van der Waals surface area contributed by atoms with Gasteiger partial charge in [0.2, 0.25) is 5.91 Å². The van der Waals surface area contributed by atoms with E-state index in [4.69, 9.17) is 0 Å². The first-order valence-corrected chi connectivity index (χ1v) is 7.83. The molecule has 1 aliphatic rings. The van der Waals surface area contributed by atoms with Gasteiger partial charge in [0, 0.05) is 11.7 Å². The molecular weight excluding hydrogens is 260 g/mol. The zero-order chi connectivity index (χ0) is 14.5. The average molecular weight is 282 g/mol. The van der Waals surface area contributed by atoms with E-state index in [2.05, 4.69) is 22.8 Å². The van der Waals surface area contributed by atoms with E-state index in [1.165, 1.54) is 37.5 Å². The van der Waals surface area contributed by atoms with Crippen molar-refractivity contribution in [2.24, 2.45) is 0 Å². The van der Waals surface area contributed by atoms with Crippen molar-refractivity contribution in [2.75, 3.05) is 11.9 Å². The van der Waals surface area contributed by atoms with Gasteiger partial charge >= 0.3 is 0 Å². The minimum atomic E-state index is 0.0378. The SMILES string of the molecule is O=C(CNC1CCCCC1)Nc1ccc2ccccc2c1. The van der Waals surface area contributed by atoms with Gasteiger partial charge in [-0.05, 0) is 35.7 Å². The van der Waals surface area contributed by atoms with E-state index in [1.807, 2.05) is 30.3 Å². The van der Waals surface area contributed by atoms with Crippen LogP contribution in [0.3, 0.4) is 0 Å². The molecule has 21 heavy (non-hydrogen) atoms. The van der Waals surface area contributed by atoms with Crippen LogP contribution in [0.15, 0.2) is 42.5 Å². The van der Waals surface area contributed by atoms with Crippen molar-refractivity contribution in [3.63, 3.8) is 0 Å². The van der Waals surface area contributed by atoms with Crippen LogP contribution in [0.1, 0.15) is 32.1 Å². The number of hydrogen-bond donors (Lipinski definition) is 2. The van der Waals surface area contributed by atoms with Gasteiger partial charge in [-0.1, -0.05) is 49.6 Å². The van der Waals surface area contributed by atoms with Crippen molar-refractivity contribution in [1.82, 2.24) is 5.32 Å². The Bertz CT molecular complexity index is 617. The van der Waals surface area contributed by atoms with Crippen molar-refractivity contribution in [1.29, 1.82) is 0 Å². The number of nitrogens with one attached hydrogen (secondary N) is 2. The molecule has 0 heterocycles. The molecule has 1 aliphatic carbocycles. The molecule has 1 fully saturated rings. The molecule has 0 bridgehead atoms. The highest BCUT2D eigenvalue weighted by atomic mass is 16.1. The Morgan fingerprint density at radius 2 is 1.76 bits per heavy atom. The fraction of sp³-hybridized carbons (Fsp3) is 0.389. The highest BCUT2D eigenvalue weighted by Crippen LogP contribution is 2.19. The number of anilines is 1. The molecule has 3 heteroatoms. The second-order valence-corrected chi connectivity index (χ2v) is 5.83. The highest BCUT2D eigenvalue weighted by molar-refractivity contribution is 5.95. The van der Waals surface area contributed by atoms with Crippen molar-refractivity contribution >= 4 is 22.4 Å². The van der Waals surface area contributed by atoms with E-state index < -0.39 is 0 Å². The molecule has 0 spiro atoms. The summed E-state index contributed by atoms with van der Waals surface area (Å²) in [5.41, 5.74) is 0.865. The molecular formula is C18H22N2O. The molecule has 0 aliphatic heterocycles. The Hall–Kier alpha value is -1.87. The number of rotatable bonds is 4. The van der Waals surface area contributed by atoms with E-state index in [-0.39, 0.29) is 5.91 Å². The summed E-state index contributed by atoms with van der Waals surface area (Å²) in [5, 5.41) is 8.68. The molecule has 1 amide bonds. The Morgan fingerprint density at radius 1 is 1.00 bits per heavy atom. The molecule has 0 radical (unpaired) electrons. The standard InChI is InChI=1S/C18H22N2O/c21-18(13-19-16-8-2-1-3-9-16)20-17-11-10-14-6-4-5-7-15(14)12-17/h4-7,10-12,16,19H,1-3,8-9,13H2,(H,20,21). The Labute approximate surface area is 125 Å². The van der Waals surface area contributed by atoms with Gasteiger partial charge in [0.1, 0.15) is 0 Å². The zero-order valence-electron chi connectivity index (χ0n) is 12.3. The van der Waals surface area contributed by atoms with E-state index >= 15 is 0 Å². The molecule has 2 aromatic carbocycles. The third-order valence-electron chi connectivity index (χ3n) is 4.19. The predicted molar refractivity (Wildman–Crippen MR) is 87.5 cm³/mol. The summed E-state index contributed by atoms with van der Waals surface area (Å²) in [6.45, 7) is 0.400. The summed E-state index contributed by atoms with van der Waals surface area (Å²) in [5.74, 6) is 0.0378. The number of carbonyl (C=O) groups is 1. The van der Waals surface area contributed by atoms with Crippen LogP contribution in [0.4, 0.5) is 5.69 Å². The molecule has 2 aromatic rings. The molecule has 2 N–H and O–H groups in total. The third kappa shape index (κ3) is 3.82. The first-order chi connectivity index (χ1) is 10.3. The molecule has 0 saturated heterocycles. The molecule has 3 rings (SSSR count). The number of hydrogen-bond acceptors (Lipinski definition) is 2. The number of fused-ring (bicyclic) bond motifs is 1. The minimum Gasteiger partial charge on any atom is -0.325 e. The van der Waals surface area contributed by atoms with Crippen LogP contribution in [0, 0.1) is 0 Å². The number of amides is 1. The summed E-state index contributed by atoms with van der Waals surface area (Å²) in [4.78, 5) is 12.0. The fourth-order valence-electron chi connectivity index (χ4n) is 3.02. The quantitative estimate of drug-likeness (QED) is 0.897. The molecule has 110 valence electrons. The highest BCUT2D eigenvalue weighted by Gasteiger charge is 2.13. The van der Waals surface area contributed by atoms with Crippen LogP contribution >= 0.6 is 0 Å². The van der Waals surface area contributed by atoms with E-state index in [1.54, 1.807) is 0 Å². The maximum absolute atomic E-state index is 12.0. The van der Waals surface area contributed by atoms with Crippen LogP contribution in [0.5, 0.6) is 0 Å². The van der Waals surface area contributed by atoms with Gasteiger partial charge in [-0.2, -0.15) is 0 Å². The normalized spacial score (nSPS) is 16.0. The third-order valence-corrected chi connectivity index (χ3v) is 4.19. The first-order valence-electron chi connectivity index (χ1n) is 7.83. The first kappa shape index (κ1) is 14.1. The molecule has 0 atom stereocenters. The molecule has 0 aromatic heterocycles. The predicted octanol–water partition coefficient (Wildman–Crippen LogP) is 3.70. The largest absolute Gasteiger partial charge is 0.325 e. The van der Waals surface area contributed by atoms with Crippen LogP contribution in [0.25, 0.3) is 10.8 Å². The summed E-state index contributed by atoms with van der Waals surface area (Å²) in [6, 6.07) is 14.7. The lowest BCUT2D eigenvalue weighted by molar-refractivity contribution is -0.115. The second kappa shape index (κ2) is 6.72. The summed E-state index contributed by atoms with van der Waals surface area (Å²) < 4.78 is 0. The number of carbonyl (C=O) groups excluding carboxylic acids is 1. The Balaban J connectivity index is 1.55. The maximum atomic E-state index is 12.0. The molecule has 0 unspecified atom stereocenters. The molecule has 1 saturated carbocycles. The summed E-state index contributed by atoms with van der Waals surface area (Å²) in [7, 11) is 0. The van der Waals surface area contributed by atoms with Gasteiger partial charge in [0.25, 0.3) is 0 Å². The van der Waals surface area contributed by atoms with Crippen molar-refractivity contribution in [2.45, 2.75) is 38.1 Å². The maximum Gasteiger partial charge on any atom is 0.238 e. The van der Waals surface area contributed by atoms with Crippen molar-refractivity contribution in [3.8, 4) is 0 Å².